The minimum atomic E-state index is 0.496. The van der Waals surface area contributed by atoms with Crippen LogP contribution in [0.25, 0.3) is 10.9 Å². The third-order valence-corrected chi connectivity index (χ3v) is 6.23. The average Bonchev–Trinajstić information content (AvgIpc) is 2.74. The minimum Gasteiger partial charge on any atom is -0.302 e. The van der Waals surface area contributed by atoms with Crippen molar-refractivity contribution in [2.75, 3.05) is 26.7 Å². The second-order valence-corrected chi connectivity index (χ2v) is 8.23. The van der Waals surface area contributed by atoms with Crippen molar-refractivity contribution in [1.29, 1.82) is 0 Å². The summed E-state index contributed by atoms with van der Waals surface area (Å²) in [7, 11) is 2.17. The number of rotatable bonds is 3. The Kier molecular flexibility index (Phi) is 4.79. The molecule has 0 N–H and O–H groups in total. The molecule has 5 nitrogen and oxygen atoms in total. The van der Waals surface area contributed by atoms with Gasteiger partial charge in [-0.15, -0.1) is 0 Å². The number of piperidine rings is 1. The minimum absolute atomic E-state index is 0.496. The molecule has 5 rings (SSSR count). The van der Waals surface area contributed by atoms with E-state index < -0.39 is 0 Å². The Morgan fingerprint density at radius 3 is 2.79 bits per heavy atom. The lowest BCUT2D eigenvalue weighted by atomic mass is 9.94. The number of benzene rings is 1. The van der Waals surface area contributed by atoms with E-state index in [0.29, 0.717) is 5.92 Å². The van der Waals surface area contributed by atoms with Gasteiger partial charge in [0.15, 0.2) is 0 Å². The van der Waals surface area contributed by atoms with Crippen molar-refractivity contribution in [3.05, 3.63) is 65.4 Å². The summed E-state index contributed by atoms with van der Waals surface area (Å²) in [6, 6.07) is 10.6. The first-order valence-electron chi connectivity index (χ1n) is 10.3. The molecule has 144 valence electrons. The molecule has 0 radical (unpaired) electrons. The van der Waals surface area contributed by atoms with E-state index in [9.17, 15) is 0 Å². The van der Waals surface area contributed by atoms with E-state index in [1.165, 1.54) is 22.2 Å². The van der Waals surface area contributed by atoms with Gasteiger partial charge in [0.25, 0.3) is 0 Å². The molecule has 28 heavy (non-hydrogen) atoms. The van der Waals surface area contributed by atoms with E-state index in [2.05, 4.69) is 58.4 Å². The smallest absolute Gasteiger partial charge is 0.131 e. The summed E-state index contributed by atoms with van der Waals surface area (Å²) in [5.74, 6) is 1.56. The maximum atomic E-state index is 4.96. The molecule has 0 aliphatic carbocycles. The van der Waals surface area contributed by atoms with Crippen LogP contribution in [0.15, 0.2) is 42.7 Å². The van der Waals surface area contributed by atoms with E-state index in [-0.39, 0.29) is 0 Å². The summed E-state index contributed by atoms with van der Waals surface area (Å²) in [5, 5.41) is 1.27. The van der Waals surface area contributed by atoms with E-state index in [0.717, 1.165) is 63.3 Å². The van der Waals surface area contributed by atoms with Crippen LogP contribution in [0.1, 0.15) is 41.4 Å². The van der Waals surface area contributed by atoms with Crippen molar-refractivity contribution in [3.8, 4) is 0 Å². The van der Waals surface area contributed by atoms with Crippen molar-refractivity contribution >= 4 is 10.9 Å². The monoisotopic (exact) mass is 373 g/mol. The molecule has 0 atom stereocenters. The number of pyridine rings is 1. The summed E-state index contributed by atoms with van der Waals surface area (Å²) in [4.78, 5) is 19.1. The maximum Gasteiger partial charge on any atom is 0.131 e. The van der Waals surface area contributed by atoms with Gasteiger partial charge in [-0.3, -0.25) is 9.88 Å². The van der Waals surface area contributed by atoms with Gasteiger partial charge in [0, 0.05) is 61.0 Å². The molecule has 4 heterocycles. The highest BCUT2D eigenvalue weighted by atomic mass is 15.1. The first-order chi connectivity index (χ1) is 13.8. The van der Waals surface area contributed by atoms with Crippen LogP contribution in [-0.4, -0.2) is 51.4 Å². The molecule has 3 aromatic rings. The first kappa shape index (κ1) is 17.7. The molecule has 2 aliphatic heterocycles. The quantitative estimate of drug-likeness (QED) is 0.704. The average molecular weight is 374 g/mol. The van der Waals surface area contributed by atoms with E-state index in [1.54, 1.807) is 0 Å². The Hall–Kier alpha value is -2.37. The fourth-order valence-electron chi connectivity index (χ4n) is 4.55. The Bertz CT molecular complexity index is 972. The molecule has 0 bridgehead atoms. The van der Waals surface area contributed by atoms with Gasteiger partial charge < -0.3 is 4.90 Å². The zero-order valence-corrected chi connectivity index (χ0v) is 16.5. The summed E-state index contributed by atoms with van der Waals surface area (Å²) < 4.78 is 0. The van der Waals surface area contributed by atoms with Gasteiger partial charge in [-0.2, -0.15) is 0 Å². The number of para-hydroxylation sites is 1. The number of hydrogen-bond donors (Lipinski definition) is 0. The van der Waals surface area contributed by atoms with Crippen molar-refractivity contribution in [2.24, 2.45) is 0 Å². The number of fused-ring (bicyclic) bond motifs is 2. The SMILES string of the molecule is CN1CCc2nc(C3CCN(Cc4ccnc5ccccc45)CC3)ncc2C1. The van der Waals surface area contributed by atoms with Gasteiger partial charge in [0.05, 0.1) is 5.52 Å². The molecule has 0 spiro atoms. The molecule has 2 aromatic heterocycles. The summed E-state index contributed by atoms with van der Waals surface area (Å²) in [5.41, 5.74) is 5.04. The Balaban J connectivity index is 1.25. The highest BCUT2D eigenvalue weighted by Gasteiger charge is 2.24. The van der Waals surface area contributed by atoms with Crippen LogP contribution in [0.4, 0.5) is 0 Å². The third kappa shape index (κ3) is 3.52. The Morgan fingerprint density at radius 1 is 1.04 bits per heavy atom. The van der Waals surface area contributed by atoms with Gasteiger partial charge in [-0.1, -0.05) is 18.2 Å². The molecule has 1 fully saturated rings. The van der Waals surface area contributed by atoms with Crippen molar-refractivity contribution in [1.82, 2.24) is 24.8 Å². The largest absolute Gasteiger partial charge is 0.302 e. The maximum absolute atomic E-state index is 4.96. The van der Waals surface area contributed by atoms with E-state index in [4.69, 9.17) is 9.97 Å². The third-order valence-electron chi connectivity index (χ3n) is 6.23. The molecule has 0 saturated carbocycles. The van der Waals surface area contributed by atoms with Gasteiger partial charge in [0.2, 0.25) is 0 Å². The summed E-state index contributed by atoms with van der Waals surface area (Å²) >= 11 is 0. The van der Waals surface area contributed by atoms with Crippen LogP contribution in [0.2, 0.25) is 0 Å². The number of nitrogens with zero attached hydrogens (tertiary/aromatic N) is 5. The molecule has 2 aliphatic rings. The summed E-state index contributed by atoms with van der Waals surface area (Å²) in [6.45, 7) is 5.28. The van der Waals surface area contributed by atoms with Crippen LogP contribution < -0.4 is 0 Å². The molecular formula is C23H27N5. The summed E-state index contributed by atoms with van der Waals surface area (Å²) in [6.07, 6.45) is 7.34. The zero-order valence-electron chi connectivity index (χ0n) is 16.5. The predicted molar refractivity (Wildman–Crippen MR) is 111 cm³/mol. The van der Waals surface area contributed by atoms with Gasteiger partial charge in [-0.25, -0.2) is 9.97 Å². The van der Waals surface area contributed by atoms with Crippen molar-refractivity contribution < 1.29 is 0 Å². The molecule has 0 amide bonds. The lowest BCUT2D eigenvalue weighted by Crippen LogP contribution is -2.33. The molecule has 5 heteroatoms. The van der Waals surface area contributed by atoms with Crippen LogP contribution in [-0.2, 0) is 19.5 Å². The first-order valence-corrected chi connectivity index (χ1v) is 10.3. The Morgan fingerprint density at radius 2 is 1.89 bits per heavy atom. The van der Waals surface area contributed by atoms with Crippen LogP contribution in [0.5, 0.6) is 0 Å². The molecule has 0 unspecified atom stereocenters. The van der Waals surface area contributed by atoms with E-state index in [1.807, 2.05) is 6.20 Å². The second kappa shape index (κ2) is 7.57. The van der Waals surface area contributed by atoms with Crippen LogP contribution >= 0.6 is 0 Å². The van der Waals surface area contributed by atoms with Gasteiger partial charge >= 0.3 is 0 Å². The van der Waals surface area contributed by atoms with Crippen LogP contribution in [0.3, 0.4) is 0 Å². The Labute approximate surface area is 166 Å². The van der Waals surface area contributed by atoms with Crippen LogP contribution in [0, 0.1) is 0 Å². The van der Waals surface area contributed by atoms with Crippen molar-refractivity contribution in [3.63, 3.8) is 0 Å². The topological polar surface area (TPSA) is 45.2 Å². The highest BCUT2D eigenvalue weighted by molar-refractivity contribution is 5.81. The molecule has 1 aromatic carbocycles. The van der Waals surface area contributed by atoms with E-state index >= 15 is 0 Å². The fourth-order valence-corrected chi connectivity index (χ4v) is 4.55. The lowest BCUT2D eigenvalue weighted by molar-refractivity contribution is 0.202. The molecular weight excluding hydrogens is 346 g/mol. The lowest BCUT2D eigenvalue weighted by Gasteiger charge is -2.32. The predicted octanol–water partition coefficient (Wildman–Crippen LogP) is 3.39. The van der Waals surface area contributed by atoms with Crippen molar-refractivity contribution in [2.45, 2.75) is 38.3 Å². The number of aromatic nitrogens is 3. The number of likely N-dealkylation sites (N-methyl/N-ethyl adjacent to an activating group) is 1. The van der Waals surface area contributed by atoms with Gasteiger partial charge in [-0.05, 0) is 50.7 Å². The zero-order chi connectivity index (χ0) is 18.9. The fraction of sp³-hybridized carbons (Fsp3) is 0.435. The van der Waals surface area contributed by atoms with Gasteiger partial charge in [0.1, 0.15) is 5.82 Å². The number of hydrogen-bond acceptors (Lipinski definition) is 5. The normalized spacial score (nSPS) is 19.0. The number of likely N-dealkylation sites (tertiary alicyclic amines) is 1. The second-order valence-electron chi connectivity index (χ2n) is 8.23. The standard InChI is InChI=1S/C23H27N5/c1-27-11-9-21-19(15-27)14-25-23(26-21)17-7-12-28(13-8-17)16-18-6-10-24-22-5-3-2-4-20(18)22/h2-6,10,14,17H,7-9,11-13,15-16H2,1H3. The molecule has 1 saturated heterocycles. The highest BCUT2D eigenvalue weighted by Crippen LogP contribution is 2.28.